The van der Waals surface area contributed by atoms with Gasteiger partial charge >= 0.3 is 5.97 Å². The lowest BCUT2D eigenvalue weighted by Gasteiger charge is -2.30. The molecule has 0 radical (unpaired) electrons. The van der Waals surface area contributed by atoms with Gasteiger partial charge in [0.25, 0.3) is 5.91 Å². The quantitative estimate of drug-likeness (QED) is 0.148. The van der Waals surface area contributed by atoms with E-state index in [0.29, 0.717) is 39.0 Å². The molecule has 3 aromatic carbocycles. The number of fused-ring (bicyclic) bond motifs is 1. The van der Waals surface area contributed by atoms with E-state index >= 15 is 0 Å². The molecule has 11 heteroatoms. The van der Waals surface area contributed by atoms with Gasteiger partial charge in [-0.25, -0.2) is 10.2 Å². The van der Waals surface area contributed by atoms with E-state index in [-0.39, 0.29) is 19.8 Å². The summed E-state index contributed by atoms with van der Waals surface area (Å²) < 4.78 is 16.6. The lowest BCUT2D eigenvalue weighted by atomic mass is 9.95. The molecule has 1 aliphatic heterocycles. The molecule has 4 rings (SSSR count). The third-order valence-electron chi connectivity index (χ3n) is 5.96. The van der Waals surface area contributed by atoms with Crippen molar-refractivity contribution in [2.75, 3.05) is 19.8 Å². The Morgan fingerprint density at radius 3 is 2.67 bits per heavy atom. The van der Waals surface area contributed by atoms with Crippen LogP contribution in [0.25, 0.3) is 10.8 Å². The maximum Gasteiger partial charge on any atom is 0.338 e. The van der Waals surface area contributed by atoms with Gasteiger partial charge in [0.1, 0.15) is 17.6 Å². The molecular formula is C29H27N5O5S. The number of nitrogens with zero attached hydrogens (tertiary/aromatic N) is 2. The molecule has 0 aliphatic carbocycles. The standard InChI is InChI=1S/C29H27N5O5S/c1-3-37-28(36)26-18(2)32-29(40)33-27(26)21-10-6-7-11-23(21)39-17-25(35)34-31-16-22-20-9-5-4-8-19(20)12-13-24(22)38-15-14-30/h4-13,16,27H,3,15,17H2,1-2H3,(H,34,35)(H2,32,33,40)/t27-/m0/s1. The van der Waals surface area contributed by atoms with Gasteiger partial charge in [0.2, 0.25) is 0 Å². The number of esters is 1. The summed E-state index contributed by atoms with van der Waals surface area (Å²) in [4.78, 5) is 25.3. The normalized spacial score (nSPS) is 14.7. The second-order valence-corrected chi connectivity index (χ2v) is 8.96. The van der Waals surface area contributed by atoms with Crippen molar-refractivity contribution in [1.29, 1.82) is 5.26 Å². The highest BCUT2D eigenvalue weighted by Crippen LogP contribution is 2.33. The summed E-state index contributed by atoms with van der Waals surface area (Å²) in [5.74, 6) is -0.130. The van der Waals surface area contributed by atoms with Crippen molar-refractivity contribution < 1.29 is 23.8 Å². The number of nitriles is 1. The largest absolute Gasteiger partial charge is 0.483 e. The molecule has 0 saturated carbocycles. The third-order valence-corrected chi connectivity index (χ3v) is 6.18. The predicted octanol–water partition coefficient (Wildman–Crippen LogP) is 3.63. The van der Waals surface area contributed by atoms with Crippen molar-refractivity contribution in [2.45, 2.75) is 19.9 Å². The van der Waals surface area contributed by atoms with Crippen LogP contribution in [-0.2, 0) is 14.3 Å². The molecule has 1 aliphatic rings. The fraction of sp³-hybridized carbons (Fsp3) is 0.207. The molecule has 204 valence electrons. The molecule has 1 amide bonds. The summed E-state index contributed by atoms with van der Waals surface area (Å²) in [6.07, 6.45) is 1.47. The molecular weight excluding hydrogens is 530 g/mol. The zero-order valence-corrected chi connectivity index (χ0v) is 22.7. The van der Waals surface area contributed by atoms with Crippen LogP contribution >= 0.6 is 12.2 Å². The number of rotatable bonds is 10. The van der Waals surface area contributed by atoms with Crippen LogP contribution in [0.5, 0.6) is 11.5 Å². The first-order valence-corrected chi connectivity index (χ1v) is 12.8. The lowest BCUT2D eigenvalue weighted by Crippen LogP contribution is -2.45. The number of amides is 1. The fourth-order valence-corrected chi connectivity index (χ4v) is 4.52. The van der Waals surface area contributed by atoms with Gasteiger partial charge in [0, 0.05) is 16.8 Å². The van der Waals surface area contributed by atoms with Crippen LogP contribution in [0.1, 0.15) is 31.0 Å². The minimum Gasteiger partial charge on any atom is -0.483 e. The van der Waals surface area contributed by atoms with Gasteiger partial charge in [0.15, 0.2) is 18.3 Å². The number of ether oxygens (including phenoxy) is 3. The highest BCUT2D eigenvalue weighted by molar-refractivity contribution is 7.80. The number of carbonyl (C=O) groups is 2. The predicted molar refractivity (Wildman–Crippen MR) is 154 cm³/mol. The Morgan fingerprint density at radius 2 is 1.88 bits per heavy atom. The fourth-order valence-electron chi connectivity index (χ4n) is 4.25. The average molecular weight is 558 g/mol. The van der Waals surface area contributed by atoms with E-state index in [2.05, 4.69) is 21.2 Å². The summed E-state index contributed by atoms with van der Waals surface area (Å²) in [6.45, 7) is 3.23. The van der Waals surface area contributed by atoms with Crippen LogP contribution in [-0.4, -0.2) is 43.0 Å². The van der Waals surface area contributed by atoms with Crippen LogP contribution in [0, 0.1) is 11.3 Å². The Hall–Kier alpha value is -4.95. The van der Waals surface area contributed by atoms with Crippen molar-refractivity contribution >= 4 is 46.2 Å². The van der Waals surface area contributed by atoms with E-state index in [1.165, 1.54) is 6.21 Å². The minimum absolute atomic E-state index is 0.123. The molecule has 0 unspecified atom stereocenters. The van der Waals surface area contributed by atoms with Crippen LogP contribution in [0.4, 0.5) is 0 Å². The number of benzene rings is 3. The van der Waals surface area contributed by atoms with E-state index in [9.17, 15) is 9.59 Å². The summed E-state index contributed by atoms with van der Waals surface area (Å²) in [6, 6.07) is 19.6. The number of allylic oxidation sites excluding steroid dienone is 1. The van der Waals surface area contributed by atoms with Crippen molar-refractivity contribution in [3.05, 3.63) is 83.1 Å². The smallest absolute Gasteiger partial charge is 0.338 e. The first kappa shape index (κ1) is 28.1. The molecule has 40 heavy (non-hydrogen) atoms. The SMILES string of the molecule is CCOC(=O)C1=C(C)NC(=S)N[C@H]1c1ccccc1OCC(=O)NN=Cc1c(OCC#N)ccc2ccccc12. The Morgan fingerprint density at radius 1 is 1.10 bits per heavy atom. The number of hydrazone groups is 1. The first-order chi connectivity index (χ1) is 19.4. The molecule has 0 bridgehead atoms. The van der Waals surface area contributed by atoms with E-state index < -0.39 is 17.9 Å². The van der Waals surface area contributed by atoms with Crippen LogP contribution < -0.4 is 25.5 Å². The van der Waals surface area contributed by atoms with Gasteiger partial charge in [-0.1, -0.05) is 48.5 Å². The number of carbonyl (C=O) groups excluding carboxylic acids is 2. The van der Waals surface area contributed by atoms with Crippen LogP contribution in [0.2, 0.25) is 0 Å². The molecule has 1 heterocycles. The Balaban J connectivity index is 1.49. The van der Waals surface area contributed by atoms with E-state index in [4.69, 9.17) is 31.7 Å². The Labute approximate surface area is 236 Å². The Bertz CT molecular complexity index is 1550. The summed E-state index contributed by atoms with van der Waals surface area (Å²) in [7, 11) is 0. The van der Waals surface area contributed by atoms with Crippen LogP contribution in [0.3, 0.4) is 0 Å². The molecule has 0 aromatic heterocycles. The zero-order valence-electron chi connectivity index (χ0n) is 21.9. The number of para-hydroxylation sites is 1. The zero-order chi connectivity index (χ0) is 28.5. The average Bonchev–Trinajstić information content (AvgIpc) is 2.95. The molecule has 1 atom stereocenters. The van der Waals surface area contributed by atoms with Crippen molar-refractivity contribution in [2.24, 2.45) is 5.10 Å². The van der Waals surface area contributed by atoms with Gasteiger partial charge in [-0.15, -0.1) is 0 Å². The van der Waals surface area contributed by atoms with Gasteiger partial charge in [-0.3, -0.25) is 4.79 Å². The maximum absolute atomic E-state index is 12.7. The lowest BCUT2D eigenvalue weighted by molar-refractivity contribution is -0.139. The van der Waals surface area contributed by atoms with Crippen LogP contribution in [0.15, 0.2) is 77.0 Å². The second-order valence-electron chi connectivity index (χ2n) is 8.56. The highest BCUT2D eigenvalue weighted by atomic mass is 32.1. The third kappa shape index (κ3) is 6.54. The van der Waals surface area contributed by atoms with Gasteiger partial charge in [-0.05, 0) is 49.0 Å². The number of hydrogen-bond acceptors (Lipinski definition) is 8. The summed E-state index contributed by atoms with van der Waals surface area (Å²) in [5.41, 5.74) is 4.63. The molecule has 3 aromatic rings. The molecule has 0 fully saturated rings. The van der Waals surface area contributed by atoms with Gasteiger partial charge < -0.3 is 24.8 Å². The van der Waals surface area contributed by atoms with E-state index in [0.717, 1.165) is 10.8 Å². The number of thiocarbonyl (C=S) groups is 1. The van der Waals surface area contributed by atoms with Crippen molar-refractivity contribution in [3.8, 4) is 17.6 Å². The molecule has 3 N–H and O–H groups in total. The monoisotopic (exact) mass is 557 g/mol. The Kier molecular flexibility index (Phi) is 9.27. The summed E-state index contributed by atoms with van der Waals surface area (Å²) in [5, 5.41) is 21.2. The maximum atomic E-state index is 12.7. The highest BCUT2D eigenvalue weighted by Gasteiger charge is 2.32. The topological polar surface area (TPSA) is 134 Å². The molecule has 10 nitrogen and oxygen atoms in total. The first-order valence-electron chi connectivity index (χ1n) is 12.4. The van der Waals surface area contributed by atoms with Gasteiger partial charge in [-0.2, -0.15) is 10.4 Å². The summed E-state index contributed by atoms with van der Waals surface area (Å²) >= 11 is 5.31. The van der Waals surface area contributed by atoms with Crippen molar-refractivity contribution in [3.63, 3.8) is 0 Å². The van der Waals surface area contributed by atoms with Crippen molar-refractivity contribution in [1.82, 2.24) is 16.1 Å². The molecule has 0 saturated heterocycles. The van der Waals surface area contributed by atoms with E-state index in [1.807, 2.05) is 36.4 Å². The minimum atomic E-state index is -0.636. The number of hydrogen-bond donors (Lipinski definition) is 3. The van der Waals surface area contributed by atoms with E-state index in [1.54, 1.807) is 44.2 Å². The second kappa shape index (κ2) is 13.2. The molecule has 0 spiro atoms. The van der Waals surface area contributed by atoms with Gasteiger partial charge in [0.05, 0.1) is 24.4 Å². The number of nitrogens with one attached hydrogen (secondary N) is 3.